The number of carboxylic acids is 1. The lowest BCUT2D eigenvalue weighted by atomic mass is 10.1. The molecule has 0 bridgehead atoms. The largest absolute Gasteiger partial charge is 0.478 e. The summed E-state index contributed by atoms with van der Waals surface area (Å²) >= 11 is 0. The summed E-state index contributed by atoms with van der Waals surface area (Å²) < 4.78 is 1.26. The molecule has 3 N–H and O–H groups in total. The first-order valence-electron chi connectivity index (χ1n) is 5.60. The third-order valence-corrected chi connectivity index (χ3v) is 2.68. The summed E-state index contributed by atoms with van der Waals surface area (Å²) in [4.78, 5) is 22.5. The highest BCUT2D eigenvalue weighted by Crippen LogP contribution is 2.17. The van der Waals surface area contributed by atoms with E-state index < -0.39 is 11.9 Å². The molecule has 1 aromatic carbocycles. The van der Waals surface area contributed by atoms with Crippen molar-refractivity contribution in [3.8, 4) is 5.69 Å². The van der Waals surface area contributed by atoms with E-state index in [4.69, 9.17) is 10.8 Å². The number of hydrogen-bond donors (Lipinski definition) is 2. The van der Waals surface area contributed by atoms with Gasteiger partial charge in [0.05, 0.1) is 11.9 Å². The van der Waals surface area contributed by atoms with Crippen molar-refractivity contribution in [1.82, 2.24) is 9.78 Å². The van der Waals surface area contributed by atoms with Gasteiger partial charge in [0.25, 0.3) is 5.91 Å². The van der Waals surface area contributed by atoms with Crippen LogP contribution in [0.1, 0.15) is 32.0 Å². The second-order valence-electron chi connectivity index (χ2n) is 4.33. The molecule has 1 heterocycles. The summed E-state index contributed by atoms with van der Waals surface area (Å²) in [7, 11) is 0. The number of aryl methyl sites for hydroxylation is 2. The monoisotopic (exact) mass is 259 g/mol. The van der Waals surface area contributed by atoms with Crippen LogP contribution >= 0.6 is 0 Å². The smallest absolute Gasteiger partial charge is 0.339 e. The van der Waals surface area contributed by atoms with Crippen LogP contribution in [-0.4, -0.2) is 26.8 Å². The molecular formula is C13H13N3O3. The summed E-state index contributed by atoms with van der Waals surface area (Å²) in [5.41, 5.74) is 7.50. The molecule has 2 rings (SSSR count). The third kappa shape index (κ3) is 2.33. The van der Waals surface area contributed by atoms with Gasteiger partial charge in [-0.05, 0) is 37.1 Å². The van der Waals surface area contributed by atoms with Gasteiger partial charge in [-0.1, -0.05) is 6.07 Å². The predicted octanol–water partition coefficient (Wildman–Crippen LogP) is 1.29. The number of carbonyl (C=O) groups excluding carboxylic acids is 1. The first-order valence-corrected chi connectivity index (χ1v) is 5.60. The van der Waals surface area contributed by atoms with E-state index >= 15 is 0 Å². The van der Waals surface area contributed by atoms with Gasteiger partial charge in [0.1, 0.15) is 11.3 Å². The SMILES string of the molecule is Cc1cc(C)cc(-n2ncc(C(=O)O)c2C(N)=O)c1. The number of aromatic carboxylic acids is 1. The van der Waals surface area contributed by atoms with Crippen LogP contribution in [0.4, 0.5) is 0 Å². The summed E-state index contributed by atoms with van der Waals surface area (Å²) in [6, 6.07) is 5.57. The van der Waals surface area contributed by atoms with E-state index in [0.717, 1.165) is 17.3 Å². The van der Waals surface area contributed by atoms with Crippen LogP contribution in [0.25, 0.3) is 5.69 Å². The molecule has 0 saturated heterocycles. The molecule has 0 spiro atoms. The number of rotatable bonds is 3. The maximum atomic E-state index is 11.4. The first kappa shape index (κ1) is 12.8. The summed E-state index contributed by atoms with van der Waals surface area (Å²) in [5.74, 6) is -2.06. The van der Waals surface area contributed by atoms with Gasteiger partial charge in [0, 0.05) is 0 Å². The van der Waals surface area contributed by atoms with E-state index in [9.17, 15) is 9.59 Å². The predicted molar refractivity (Wildman–Crippen MR) is 68.5 cm³/mol. The number of benzene rings is 1. The van der Waals surface area contributed by atoms with Crippen LogP contribution in [0.15, 0.2) is 24.4 Å². The molecule has 98 valence electrons. The molecule has 0 aliphatic heterocycles. The topological polar surface area (TPSA) is 98.2 Å². The Kier molecular flexibility index (Phi) is 3.08. The van der Waals surface area contributed by atoms with Gasteiger partial charge in [0.2, 0.25) is 0 Å². The average Bonchev–Trinajstić information content (AvgIpc) is 2.71. The van der Waals surface area contributed by atoms with Gasteiger partial charge in [-0.25, -0.2) is 9.48 Å². The number of carbonyl (C=O) groups is 2. The van der Waals surface area contributed by atoms with E-state index in [1.165, 1.54) is 4.68 Å². The van der Waals surface area contributed by atoms with Crippen molar-refractivity contribution >= 4 is 11.9 Å². The minimum atomic E-state index is -1.23. The zero-order valence-corrected chi connectivity index (χ0v) is 10.5. The standard InChI is InChI=1S/C13H13N3O3/c1-7-3-8(2)5-9(4-7)16-11(12(14)17)10(6-15-16)13(18)19/h3-6H,1-2H3,(H2,14,17)(H,18,19). The van der Waals surface area contributed by atoms with Crippen LogP contribution < -0.4 is 5.73 Å². The maximum Gasteiger partial charge on any atom is 0.339 e. The van der Waals surface area contributed by atoms with Crippen LogP contribution in [0.5, 0.6) is 0 Å². The van der Waals surface area contributed by atoms with E-state index in [-0.39, 0.29) is 11.3 Å². The Morgan fingerprint density at radius 2 is 1.79 bits per heavy atom. The molecule has 1 amide bonds. The van der Waals surface area contributed by atoms with Crippen LogP contribution in [-0.2, 0) is 0 Å². The fourth-order valence-corrected chi connectivity index (χ4v) is 2.01. The lowest BCUT2D eigenvalue weighted by molar-refractivity contribution is 0.0692. The number of nitrogens with two attached hydrogens (primary N) is 1. The Balaban J connectivity index is 2.69. The lowest BCUT2D eigenvalue weighted by Crippen LogP contribution is -2.20. The van der Waals surface area contributed by atoms with Crippen molar-refractivity contribution in [1.29, 1.82) is 0 Å². The molecule has 0 radical (unpaired) electrons. The molecule has 6 heteroatoms. The maximum absolute atomic E-state index is 11.4. The highest BCUT2D eigenvalue weighted by atomic mass is 16.4. The number of aromatic nitrogens is 2. The number of nitrogens with zero attached hydrogens (tertiary/aromatic N) is 2. The van der Waals surface area contributed by atoms with Crippen molar-refractivity contribution in [2.24, 2.45) is 5.73 Å². The Labute approximate surface area is 109 Å². The van der Waals surface area contributed by atoms with Crippen molar-refractivity contribution in [2.75, 3.05) is 0 Å². The van der Waals surface area contributed by atoms with E-state index in [2.05, 4.69) is 5.10 Å². The molecule has 1 aromatic heterocycles. The Bertz CT molecular complexity index is 654. The molecule has 0 aliphatic rings. The Morgan fingerprint density at radius 1 is 1.21 bits per heavy atom. The van der Waals surface area contributed by atoms with Crippen molar-refractivity contribution in [3.05, 3.63) is 46.8 Å². The van der Waals surface area contributed by atoms with Crippen LogP contribution in [0.2, 0.25) is 0 Å². The molecule has 0 unspecified atom stereocenters. The number of amides is 1. The summed E-state index contributed by atoms with van der Waals surface area (Å²) in [6.07, 6.45) is 1.13. The Hall–Kier alpha value is -2.63. The van der Waals surface area contributed by atoms with Gasteiger partial charge in [-0.15, -0.1) is 0 Å². The Morgan fingerprint density at radius 3 is 2.26 bits per heavy atom. The van der Waals surface area contributed by atoms with Crippen molar-refractivity contribution < 1.29 is 14.7 Å². The van der Waals surface area contributed by atoms with Gasteiger partial charge in [-0.2, -0.15) is 5.10 Å². The summed E-state index contributed by atoms with van der Waals surface area (Å²) in [6.45, 7) is 3.81. The summed E-state index contributed by atoms with van der Waals surface area (Å²) in [5, 5.41) is 13.0. The number of primary amides is 1. The molecule has 6 nitrogen and oxygen atoms in total. The van der Waals surface area contributed by atoms with E-state index in [0.29, 0.717) is 5.69 Å². The minimum absolute atomic E-state index is 0.127. The van der Waals surface area contributed by atoms with Crippen LogP contribution in [0.3, 0.4) is 0 Å². The zero-order valence-electron chi connectivity index (χ0n) is 10.5. The highest BCUT2D eigenvalue weighted by Gasteiger charge is 2.22. The highest BCUT2D eigenvalue weighted by molar-refractivity contribution is 6.03. The van der Waals surface area contributed by atoms with Crippen molar-refractivity contribution in [3.63, 3.8) is 0 Å². The fraction of sp³-hybridized carbons (Fsp3) is 0.154. The minimum Gasteiger partial charge on any atom is -0.478 e. The molecule has 0 aliphatic carbocycles. The molecule has 0 saturated carbocycles. The fourth-order valence-electron chi connectivity index (χ4n) is 2.01. The first-order chi connectivity index (χ1) is 8.90. The number of hydrogen-bond acceptors (Lipinski definition) is 3. The molecule has 19 heavy (non-hydrogen) atoms. The zero-order chi connectivity index (χ0) is 14.2. The number of carboxylic acid groups (broad SMARTS) is 1. The molecule has 0 atom stereocenters. The van der Waals surface area contributed by atoms with Gasteiger partial charge in [-0.3, -0.25) is 4.79 Å². The lowest BCUT2D eigenvalue weighted by Gasteiger charge is -2.08. The van der Waals surface area contributed by atoms with Crippen LogP contribution in [0, 0.1) is 13.8 Å². The van der Waals surface area contributed by atoms with E-state index in [1.54, 1.807) is 12.1 Å². The van der Waals surface area contributed by atoms with Gasteiger partial charge < -0.3 is 10.8 Å². The quantitative estimate of drug-likeness (QED) is 0.867. The van der Waals surface area contributed by atoms with Crippen molar-refractivity contribution in [2.45, 2.75) is 13.8 Å². The second-order valence-corrected chi connectivity index (χ2v) is 4.33. The normalized spacial score (nSPS) is 10.4. The molecular weight excluding hydrogens is 246 g/mol. The molecule has 2 aromatic rings. The molecule has 0 fully saturated rings. The average molecular weight is 259 g/mol. The van der Waals surface area contributed by atoms with E-state index in [1.807, 2.05) is 19.9 Å². The third-order valence-electron chi connectivity index (χ3n) is 2.68. The van der Waals surface area contributed by atoms with Gasteiger partial charge >= 0.3 is 5.97 Å². The second kappa shape index (κ2) is 4.56. The van der Waals surface area contributed by atoms with Gasteiger partial charge in [0.15, 0.2) is 0 Å².